The van der Waals surface area contributed by atoms with E-state index in [1.165, 1.54) is 42.5 Å². The number of halogens is 1. The smallest absolute Gasteiger partial charge is 0.392 e. The standard InChI is InChI=1S/C19H17FN3O5S/c1-3-16(24)23(2,25)19-22-17(12-8-10-13(20)11-9-12)18(28-19)14-6-4-5-7-15(14)29(21,26)27/h3-11,25H,1H2,2H3,(H2,21,26,27)/q+1. The summed E-state index contributed by atoms with van der Waals surface area (Å²) in [6, 6.07) is 10.5. The minimum Gasteiger partial charge on any atom is -0.392 e. The zero-order valence-electron chi connectivity index (χ0n) is 15.2. The number of nitrogens with zero attached hydrogens (tertiary/aromatic N) is 2. The minimum atomic E-state index is -4.13. The van der Waals surface area contributed by atoms with Crippen molar-refractivity contribution in [3.8, 4) is 22.6 Å². The quantitative estimate of drug-likeness (QED) is 0.284. The van der Waals surface area contributed by atoms with Gasteiger partial charge in [-0.1, -0.05) is 18.7 Å². The predicted octanol–water partition coefficient (Wildman–Crippen LogP) is 2.83. The molecule has 1 atom stereocenters. The summed E-state index contributed by atoms with van der Waals surface area (Å²) in [5.41, 5.74) is 0.525. The molecule has 3 aromatic rings. The number of primary sulfonamides is 1. The van der Waals surface area contributed by atoms with Gasteiger partial charge in [0.2, 0.25) is 10.0 Å². The van der Waals surface area contributed by atoms with Crippen LogP contribution < -0.4 is 9.79 Å². The third-order valence-corrected chi connectivity index (χ3v) is 5.12. The molecule has 10 heteroatoms. The molecule has 2 aromatic carbocycles. The molecule has 0 fully saturated rings. The first-order chi connectivity index (χ1) is 13.6. The Balaban J connectivity index is 2.33. The molecule has 3 rings (SSSR count). The van der Waals surface area contributed by atoms with Gasteiger partial charge in [0.1, 0.15) is 18.6 Å². The van der Waals surface area contributed by atoms with Crippen LogP contribution in [0.25, 0.3) is 22.6 Å². The molecule has 0 aliphatic carbocycles. The summed E-state index contributed by atoms with van der Waals surface area (Å²) in [6.45, 7) is 3.32. The van der Waals surface area contributed by atoms with Gasteiger partial charge in [0.05, 0.1) is 4.90 Å². The number of carbonyl (C=O) groups excluding carboxylic acids is 1. The summed E-state index contributed by atoms with van der Waals surface area (Å²) < 4.78 is 41.6. The van der Waals surface area contributed by atoms with Crippen molar-refractivity contribution in [2.45, 2.75) is 4.90 Å². The van der Waals surface area contributed by atoms with Crippen molar-refractivity contribution >= 4 is 21.9 Å². The van der Waals surface area contributed by atoms with Gasteiger partial charge in [0.15, 0.2) is 5.76 Å². The van der Waals surface area contributed by atoms with Crippen molar-refractivity contribution < 1.29 is 27.2 Å². The van der Waals surface area contributed by atoms with Crippen molar-refractivity contribution in [2.75, 3.05) is 7.05 Å². The molecule has 0 spiro atoms. The number of nitrogens with two attached hydrogens (primary N) is 1. The van der Waals surface area contributed by atoms with Gasteiger partial charge in [-0.3, -0.25) is 0 Å². The largest absolute Gasteiger partial charge is 0.446 e. The van der Waals surface area contributed by atoms with E-state index in [-0.39, 0.29) is 21.9 Å². The molecular formula is C19H17FN3O5S+. The molecule has 1 aromatic heterocycles. The van der Waals surface area contributed by atoms with E-state index in [2.05, 4.69) is 11.6 Å². The van der Waals surface area contributed by atoms with E-state index < -0.39 is 32.4 Å². The Labute approximate surface area is 165 Å². The predicted molar refractivity (Wildman–Crippen MR) is 103 cm³/mol. The number of carbonyl (C=O) groups is 1. The number of benzene rings is 2. The molecule has 0 saturated carbocycles. The van der Waals surface area contributed by atoms with Crippen molar-refractivity contribution in [2.24, 2.45) is 5.14 Å². The van der Waals surface area contributed by atoms with Gasteiger partial charge < -0.3 is 4.42 Å². The maximum atomic E-state index is 13.4. The summed E-state index contributed by atoms with van der Waals surface area (Å²) in [7, 11) is -3.02. The van der Waals surface area contributed by atoms with E-state index in [1.54, 1.807) is 6.07 Å². The van der Waals surface area contributed by atoms with Crippen LogP contribution in [-0.2, 0) is 14.8 Å². The fourth-order valence-electron chi connectivity index (χ4n) is 2.66. The van der Waals surface area contributed by atoms with Crippen LogP contribution >= 0.6 is 0 Å². The molecule has 0 aliphatic heterocycles. The SMILES string of the molecule is C=CC(=O)[N+](C)(O)c1nc(-c2ccc(F)cc2)c(-c2ccccc2S(N)(=O)=O)o1. The summed E-state index contributed by atoms with van der Waals surface area (Å²) in [5, 5.41) is 15.8. The Kier molecular flexibility index (Phi) is 5.20. The Morgan fingerprint density at radius 2 is 1.86 bits per heavy atom. The number of amides is 1. The fraction of sp³-hybridized carbons (Fsp3) is 0.0526. The second-order valence-corrected chi connectivity index (χ2v) is 7.75. The van der Waals surface area contributed by atoms with Crippen molar-refractivity contribution in [1.29, 1.82) is 0 Å². The summed E-state index contributed by atoms with van der Waals surface area (Å²) in [5.74, 6) is -1.39. The first-order valence-corrected chi connectivity index (χ1v) is 9.76. The average molecular weight is 418 g/mol. The molecule has 1 amide bonds. The van der Waals surface area contributed by atoms with Crippen molar-refractivity contribution in [3.63, 3.8) is 0 Å². The van der Waals surface area contributed by atoms with Crippen molar-refractivity contribution in [1.82, 2.24) is 9.63 Å². The molecular weight excluding hydrogens is 401 g/mol. The number of aromatic nitrogens is 1. The van der Waals surface area contributed by atoms with E-state index in [9.17, 15) is 22.8 Å². The number of hydroxylamine groups is 2. The molecule has 29 heavy (non-hydrogen) atoms. The zero-order chi connectivity index (χ0) is 21.4. The lowest BCUT2D eigenvalue weighted by Crippen LogP contribution is -2.46. The Morgan fingerprint density at radius 1 is 1.24 bits per heavy atom. The van der Waals surface area contributed by atoms with Gasteiger partial charge in [-0.2, -0.15) is 10.2 Å². The molecule has 150 valence electrons. The monoisotopic (exact) mass is 418 g/mol. The van der Waals surface area contributed by atoms with Crippen LogP contribution in [0.3, 0.4) is 0 Å². The molecule has 8 nitrogen and oxygen atoms in total. The van der Waals surface area contributed by atoms with Crippen LogP contribution in [0.5, 0.6) is 0 Å². The third-order valence-electron chi connectivity index (χ3n) is 4.15. The second kappa shape index (κ2) is 7.33. The van der Waals surface area contributed by atoms with E-state index >= 15 is 0 Å². The maximum absolute atomic E-state index is 13.4. The second-order valence-electron chi connectivity index (χ2n) is 6.22. The van der Waals surface area contributed by atoms with Crippen LogP contribution in [0.2, 0.25) is 0 Å². The normalized spacial score (nSPS) is 13.7. The van der Waals surface area contributed by atoms with E-state index in [4.69, 9.17) is 9.56 Å². The summed E-state index contributed by atoms with van der Waals surface area (Å²) in [4.78, 5) is 16.0. The zero-order valence-corrected chi connectivity index (χ0v) is 16.1. The highest BCUT2D eigenvalue weighted by molar-refractivity contribution is 7.89. The first-order valence-electron chi connectivity index (χ1n) is 8.21. The fourth-order valence-corrected chi connectivity index (χ4v) is 3.39. The van der Waals surface area contributed by atoms with Crippen LogP contribution in [0, 0.1) is 5.82 Å². The molecule has 0 aliphatic rings. The van der Waals surface area contributed by atoms with E-state index in [0.717, 1.165) is 13.1 Å². The number of oxazole rings is 1. The van der Waals surface area contributed by atoms with Crippen LogP contribution in [0.4, 0.5) is 10.4 Å². The number of likely N-dealkylation sites (N-methyl/N-ethyl adjacent to an activating group) is 1. The number of hydrogen-bond donors (Lipinski definition) is 2. The highest BCUT2D eigenvalue weighted by atomic mass is 32.2. The summed E-state index contributed by atoms with van der Waals surface area (Å²) >= 11 is 0. The van der Waals surface area contributed by atoms with Crippen LogP contribution in [0.1, 0.15) is 0 Å². The van der Waals surface area contributed by atoms with Gasteiger partial charge >= 0.3 is 11.9 Å². The van der Waals surface area contributed by atoms with Crippen LogP contribution in [-0.4, -0.2) is 31.6 Å². The lowest BCUT2D eigenvalue weighted by Gasteiger charge is -2.14. The Bertz CT molecular complexity index is 1200. The van der Waals surface area contributed by atoms with Gasteiger partial charge in [-0.15, -0.1) is 0 Å². The average Bonchev–Trinajstić information content (AvgIpc) is 3.13. The summed E-state index contributed by atoms with van der Waals surface area (Å²) in [6.07, 6.45) is 0.889. The lowest BCUT2D eigenvalue weighted by molar-refractivity contribution is -0.153. The third kappa shape index (κ3) is 3.87. The number of hydrogen-bond acceptors (Lipinski definition) is 6. The maximum Gasteiger partial charge on any atom is 0.446 e. The molecule has 0 saturated heterocycles. The van der Waals surface area contributed by atoms with Crippen molar-refractivity contribution in [3.05, 3.63) is 67.0 Å². The van der Waals surface area contributed by atoms with E-state index in [0.29, 0.717) is 5.56 Å². The molecule has 1 unspecified atom stereocenters. The van der Waals surface area contributed by atoms with Gasteiger partial charge in [0, 0.05) is 17.2 Å². The first kappa shape index (κ1) is 20.6. The Morgan fingerprint density at radius 3 is 2.45 bits per heavy atom. The molecule has 0 radical (unpaired) electrons. The Hall–Kier alpha value is -3.18. The minimum absolute atomic E-state index is 0.0634. The topological polar surface area (TPSA) is 123 Å². The number of rotatable bonds is 5. The number of quaternary nitrogens is 1. The van der Waals surface area contributed by atoms with Gasteiger partial charge in [-0.25, -0.2) is 22.7 Å². The van der Waals surface area contributed by atoms with Gasteiger partial charge in [0.25, 0.3) is 0 Å². The molecule has 0 bridgehead atoms. The molecule has 3 N–H and O–H groups in total. The lowest BCUT2D eigenvalue weighted by atomic mass is 10.1. The van der Waals surface area contributed by atoms with Crippen LogP contribution in [0.15, 0.2) is 70.5 Å². The molecule has 1 heterocycles. The highest BCUT2D eigenvalue weighted by Gasteiger charge is 2.39. The van der Waals surface area contributed by atoms with Gasteiger partial charge in [-0.05, 0) is 41.0 Å². The highest BCUT2D eigenvalue weighted by Crippen LogP contribution is 2.39. The number of sulfonamides is 1. The van der Waals surface area contributed by atoms with E-state index in [1.807, 2.05) is 0 Å².